The summed E-state index contributed by atoms with van der Waals surface area (Å²) in [6.45, 7) is 5.25. The molecule has 0 radical (unpaired) electrons. The Balaban J connectivity index is 1.32. The van der Waals surface area contributed by atoms with E-state index in [1.165, 1.54) is 55.2 Å². The molecule has 2 unspecified atom stereocenters. The molecule has 1 aromatic carbocycles. The molecular formula is C27H31NO2. The summed E-state index contributed by atoms with van der Waals surface area (Å²) in [6, 6.07) is 8.72. The molecule has 3 nitrogen and oxygen atoms in total. The second-order valence-electron chi connectivity index (χ2n) is 8.74. The number of aryl methyl sites for hydroxylation is 1. The molecule has 2 heterocycles. The van der Waals surface area contributed by atoms with Gasteiger partial charge >= 0.3 is 0 Å². The molecule has 0 aliphatic heterocycles. The van der Waals surface area contributed by atoms with Gasteiger partial charge in [-0.15, -0.1) is 0 Å². The number of benzene rings is 1. The van der Waals surface area contributed by atoms with Gasteiger partial charge in [0.25, 0.3) is 0 Å². The number of nitrogens with one attached hydrogen (secondary N) is 1. The summed E-state index contributed by atoms with van der Waals surface area (Å²) in [5, 5.41) is 4.65. The molecule has 0 spiro atoms. The van der Waals surface area contributed by atoms with Crippen molar-refractivity contribution in [2.75, 3.05) is 11.9 Å². The minimum Gasteiger partial charge on any atom is -0.465 e. The Morgan fingerprint density at radius 3 is 2.63 bits per heavy atom. The Morgan fingerprint density at radius 1 is 0.900 bits per heavy atom. The zero-order valence-electron chi connectivity index (χ0n) is 18.0. The number of fused-ring (bicyclic) bond motifs is 7. The first-order chi connectivity index (χ1) is 14.7. The topological polar surface area (TPSA) is 38.3 Å². The highest BCUT2D eigenvalue weighted by Gasteiger charge is 2.33. The van der Waals surface area contributed by atoms with E-state index in [0.29, 0.717) is 5.92 Å². The highest BCUT2D eigenvalue weighted by Crippen LogP contribution is 2.48. The maximum absolute atomic E-state index is 6.25. The third kappa shape index (κ3) is 3.51. The quantitative estimate of drug-likeness (QED) is 0.388. The maximum Gasteiger partial charge on any atom is 0.194 e. The van der Waals surface area contributed by atoms with Crippen LogP contribution in [0.2, 0.25) is 0 Å². The fourth-order valence-corrected chi connectivity index (χ4v) is 4.94. The first kappa shape index (κ1) is 19.3. The second kappa shape index (κ2) is 8.22. The highest BCUT2D eigenvalue weighted by atomic mass is 16.4. The van der Waals surface area contributed by atoms with E-state index < -0.39 is 0 Å². The van der Waals surface area contributed by atoms with Gasteiger partial charge in [0.1, 0.15) is 17.1 Å². The van der Waals surface area contributed by atoms with Gasteiger partial charge in [-0.05, 0) is 25.0 Å². The summed E-state index contributed by atoms with van der Waals surface area (Å²) >= 11 is 0. The van der Waals surface area contributed by atoms with Gasteiger partial charge in [0.2, 0.25) is 0 Å². The number of anilines is 1. The van der Waals surface area contributed by atoms with Gasteiger partial charge in [0.05, 0.1) is 0 Å². The lowest BCUT2D eigenvalue weighted by Gasteiger charge is -2.29. The van der Waals surface area contributed by atoms with E-state index in [0.717, 1.165) is 34.9 Å². The molecule has 0 saturated heterocycles. The summed E-state index contributed by atoms with van der Waals surface area (Å²) in [4.78, 5) is 0. The number of hydrogen-bond donors (Lipinski definition) is 1. The van der Waals surface area contributed by atoms with Gasteiger partial charge in [0.15, 0.2) is 5.88 Å². The normalized spacial score (nSPS) is 19.0. The molecule has 0 bridgehead atoms. The summed E-state index contributed by atoms with van der Waals surface area (Å²) in [7, 11) is 0. The van der Waals surface area contributed by atoms with Gasteiger partial charge in [-0.25, -0.2) is 0 Å². The molecule has 0 amide bonds. The van der Waals surface area contributed by atoms with Crippen LogP contribution in [0, 0.1) is 6.92 Å². The summed E-state index contributed by atoms with van der Waals surface area (Å²) in [6.07, 6.45) is 16.9. The molecule has 1 N–H and O–H groups in total. The Hall–Kier alpha value is -2.68. The van der Waals surface area contributed by atoms with Crippen LogP contribution in [0.3, 0.4) is 0 Å². The van der Waals surface area contributed by atoms with E-state index in [1.807, 2.05) is 6.92 Å². The van der Waals surface area contributed by atoms with Gasteiger partial charge in [-0.1, -0.05) is 75.5 Å². The van der Waals surface area contributed by atoms with E-state index in [9.17, 15) is 0 Å². The largest absolute Gasteiger partial charge is 0.465 e. The molecule has 5 rings (SSSR count). The molecule has 2 aliphatic rings. The minimum absolute atomic E-state index is 0.268. The number of hydrogen-bond acceptors (Lipinski definition) is 3. The molecule has 3 aromatic rings. The Labute approximate surface area is 178 Å². The number of rotatable bonds is 8. The molecule has 2 aliphatic carbocycles. The average Bonchev–Trinajstić information content (AvgIpc) is 3.35. The van der Waals surface area contributed by atoms with Crippen LogP contribution in [0.4, 0.5) is 5.88 Å². The fraction of sp³-hybridized carbons (Fsp3) is 0.407. The van der Waals surface area contributed by atoms with E-state index in [4.69, 9.17) is 8.83 Å². The van der Waals surface area contributed by atoms with Crippen LogP contribution in [-0.2, 0) is 0 Å². The Bertz CT molecular complexity index is 1100. The van der Waals surface area contributed by atoms with Gasteiger partial charge < -0.3 is 14.2 Å². The summed E-state index contributed by atoms with van der Waals surface area (Å²) in [5.41, 5.74) is 4.73. The van der Waals surface area contributed by atoms with Crippen molar-refractivity contribution in [3.05, 3.63) is 64.6 Å². The van der Waals surface area contributed by atoms with E-state index in [1.54, 1.807) is 0 Å². The number of unbranched alkanes of at least 4 members (excludes halogenated alkanes) is 5. The van der Waals surface area contributed by atoms with E-state index in [-0.39, 0.29) is 5.92 Å². The van der Waals surface area contributed by atoms with Crippen LogP contribution in [-0.4, -0.2) is 6.54 Å². The Morgan fingerprint density at radius 2 is 1.73 bits per heavy atom. The molecule has 0 saturated carbocycles. The van der Waals surface area contributed by atoms with Crippen molar-refractivity contribution in [3.8, 4) is 0 Å². The minimum atomic E-state index is 0.268. The van der Waals surface area contributed by atoms with Gasteiger partial charge in [0, 0.05) is 41.0 Å². The van der Waals surface area contributed by atoms with Gasteiger partial charge in [-0.2, -0.15) is 0 Å². The van der Waals surface area contributed by atoms with Crippen molar-refractivity contribution in [3.63, 3.8) is 0 Å². The molecule has 2 atom stereocenters. The van der Waals surface area contributed by atoms with Gasteiger partial charge in [-0.3, -0.25) is 0 Å². The SMILES string of the molecule is CCCCCCCCNc1cc2ccc3c(c2o1)C=CC1c2oc(C)cc2C=CC31. The standard InChI is InChI=1S/C27H31NO2/c1-3-4-5-6-7-8-15-28-25-17-20-10-12-22-21-11-9-19-16-18(2)29-26(19)23(21)13-14-24(22)27(20)30-25/h9-14,16-17,21,23,28H,3-8,15H2,1-2H3. The van der Waals surface area contributed by atoms with E-state index in [2.05, 4.69) is 60.8 Å². The average molecular weight is 402 g/mol. The lowest BCUT2D eigenvalue weighted by atomic mass is 9.74. The smallest absolute Gasteiger partial charge is 0.194 e. The lowest BCUT2D eigenvalue weighted by Crippen LogP contribution is -2.14. The highest BCUT2D eigenvalue weighted by molar-refractivity contribution is 5.91. The van der Waals surface area contributed by atoms with Crippen molar-refractivity contribution < 1.29 is 8.83 Å². The third-order valence-corrected chi connectivity index (χ3v) is 6.50. The zero-order valence-corrected chi connectivity index (χ0v) is 18.0. The van der Waals surface area contributed by atoms with Crippen LogP contribution in [0.5, 0.6) is 0 Å². The molecule has 3 heteroatoms. The molecule has 156 valence electrons. The predicted octanol–water partition coefficient (Wildman–Crippen LogP) is 8.03. The zero-order chi connectivity index (χ0) is 20.5. The number of furan rings is 2. The van der Waals surface area contributed by atoms with Crippen molar-refractivity contribution >= 4 is 29.0 Å². The monoisotopic (exact) mass is 401 g/mol. The molecule has 0 fully saturated rings. The maximum atomic E-state index is 6.25. The van der Waals surface area contributed by atoms with Crippen LogP contribution in [0.1, 0.15) is 85.5 Å². The summed E-state index contributed by atoms with van der Waals surface area (Å²) in [5.74, 6) is 3.52. The number of allylic oxidation sites excluding steroid dienone is 2. The van der Waals surface area contributed by atoms with Crippen LogP contribution >= 0.6 is 0 Å². The first-order valence-corrected chi connectivity index (χ1v) is 11.5. The van der Waals surface area contributed by atoms with Crippen molar-refractivity contribution in [1.82, 2.24) is 0 Å². The molecule has 30 heavy (non-hydrogen) atoms. The predicted molar refractivity (Wildman–Crippen MR) is 125 cm³/mol. The first-order valence-electron chi connectivity index (χ1n) is 11.5. The summed E-state index contributed by atoms with van der Waals surface area (Å²) < 4.78 is 12.3. The van der Waals surface area contributed by atoms with Crippen molar-refractivity contribution in [1.29, 1.82) is 0 Å². The van der Waals surface area contributed by atoms with Crippen LogP contribution < -0.4 is 5.32 Å². The lowest BCUT2D eigenvalue weighted by molar-refractivity contribution is 0.451. The van der Waals surface area contributed by atoms with Crippen LogP contribution in [0.25, 0.3) is 23.1 Å². The Kier molecular flexibility index (Phi) is 5.28. The molecular weight excluding hydrogens is 370 g/mol. The third-order valence-electron chi connectivity index (χ3n) is 6.50. The second-order valence-corrected chi connectivity index (χ2v) is 8.74. The van der Waals surface area contributed by atoms with Crippen molar-refractivity contribution in [2.45, 2.75) is 64.2 Å². The van der Waals surface area contributed by atoms with Crippen molar-refractivity contribution in [2.24, 2.45) is 0 Å². The van der Waals surface area contributed by atoms with Crippen LogP contribution in [0.15, 0.2) is 45.3 Å². The fourth-order valence-electron chi connectivity index (χ4n) is 4.94. The molecule has 2 aromatic heterocycles. The van der Waals surface area contributed by atoms with E-state index >= 15 is 0 Å².